The van der Waals surface area contributed by atoms with Gasteiger partial charge in [0.05, 0.1) is 12.1 Å². The summed E-state index contributed by atoms with van der Waals surface area (Å²) in [6.07, 6.45) is 0. The maximum Gasteiger partial charge on any atom is 0.137 e. The van der Waals surface area contributed by atoms with E-state index in [-0.39, 0.29) is 0 Å². The van der Waals surface area contributed by atoms with E-state index in [0.29, 0.717) is 17.3 Å². The van der Waals surface area contributed by atoms with E-state index in [9.17, 15) is 0 Å². The van der Waals surface area contributed by atoms with Gasteiger partial charge < -0.3 is 15.8 Å². The Hall–Kier alpha value is -0.930. The normalized spacial score (nSPS) is 10.0. The Bertz CT molecular complexity index is 315. The van der Waals surface area contributed by atoms with Crippen LogP contribution in [-0.2, 0) is 0 Å². The lowest BCUT2D eigenvalue weighted by Crippen LogP contribution is -2.13. The standard InChI is InChI=1S/C10H15ClN2O/c1-7-5-10(14-2)8(11)6-9(7)13-4-3-12/h5-6,13H,3-4,12H2,1-2H3. The number of hydrogen-bond donors (Lipinski definition) is 2. The first-order chi connectivity index (χ1) is 6.69. The number of benzene rings is 1. The molecule has 0 amide bonds. The lowest BCUT2D eigenvalue weighted by atomic mass is 10.2. The van der Waals surface area contributed by atoms with Gasteiger partial charge in [0.25, 0.3) is 0 Å². The van der Waals surface area contributed by atoms with Crippen molar-refractivity contribution < 1.29 is 4.74 Å². The SMILES string of the molecule is COc1cc(C)c(NCCN)cc1Cl. The summed E-state index contributed by atoms with van der Waals surface area (Å²) in [5.41, 5.74) is 7.50. The van der Waals surface area contributed by atoms with Crippen molar-refractivity contribution in [3.8, 4) is 5.75 Å². The molecule has 0 fully saturated rings. The van der Waals surface area contributed by atoms with Crippen LogP contribution >= 0.6 is 11.6 Å². The maximum atomic E-state index is 5.98. The molecule has 0 unspecified atom stereocenters. The largest absolute Gasteiger partial charge is 0.495 e. The monoisotopic (exact) mass is 214 g/mol. The third-order valence-corrected chi connectivity index (χ3v) is 2.25. The van der Waals surface area contributed by atoms with Crippen LogP contribution in [0, 0.1) is 6.92 Å². The molecule has 78 valence electrons. The molecule has 0 saturated heterocycles. The zero-order valence-corrected chi connectivity index (χ0v) is 9.19. The molecular formula is C10H15ClN2O. The van der Waals surface area contributed by atoms with E-state index in [1.54, 1.807) is 7.11 Å². The fraction of sp³-hybridized carbons (Fsp3) is 0.400. The molecule has 3 N–H and O–H groups in total. The highest BCUT2D eigenvalue weighted by Gasteiger charge is 2.05. The number of aryl methyl sites for hydroxylation is 1. The van der Waals surface area contributed by atoms with Gasteiger partial charge in [0.1, 0.15) is 5.75 Å². The van der Waals surface area contributed by atoms with Gasteiger partial charge in [-0.3, -0.25) is 0 Å². The van der Waals surface area contributed by atoms with E-state index >= 15 is 0 Å². The third kappa shape index (κ3) is 2.53. The van der Waals surface area contributed by atoms with E-state index in [4.69, 9.17) is 22.1 Å². The van der Waals surface area contributed by atoms with Gasteiger partial charge in [-0.25, -0.2) is 0 Å². The average Bonchev–Trinajstić information content (AvgIpc) is 2.18. The number of anilines is 1. The van der Waals surface area contributed by atoms with Crippen LogP contribution in [0.3, 0.4) is 0 Å². The fourth-order valence-electron chi connectivity index (χ4n) is 1.21. The van der Waals surface area contributed by atoms with E-state index in [1.165, 1.54) is 0 Å². The van der Waals surface area contributed by atoms with Gasteiger partial charge in [-0.1, -0.05) is 11.6 Å². The molecule has 0 radical (unpaired) electrons. The van der Waals surface area contributed by atoms with Crippen molar-refractivity contribution in [2.75, 3.05) is 25.5 Å². The second kappa shape index (κ2) is 5.08. The summed E-state index contributed by atoms with van der Waals surface area (Å²) in [7, 11) is 1.60. The molecule has 0 aromatic heterocycles. The molecule has 1 aromatic rings. The highest BCUT2D eigenvalue weighted by atomic mass is 35.5. The van der Waals surface area contributed by atoms with Gasteiger partial charge in [0.15, 0.2) is 0 Å². The highest BCUT2D eigenvalue weighted by Crippen LogP contribution is 2.30. The number of rotatable bonds is 4. The molecule has 0 heterocycles. The molecule has 0 bridgehead atoms. The van der Waals surface area contributed by atoms with E-state index in [2.05, 4.69) is 5.32 Å². The quantitative estimate of drug-likeness (QED) is 0.807. The summed E-state index contributed by atoms with van der Waals surface area (Å²) in [5.74, 6) is 0.697. The average molecular weight is 215 g/mol. The maximum absolute atomic E-state index is 5.98. The van der Waals surface area contributed by atoms with Crippen molar-refractivity contribution in [1.29, 1.82) is 0 Å². The number of ether oxygens (including phenoxy) is 1. The summed E-state index contributed by atoms with van der Waals surface area (Å²) in [5, 5.41) is 3.80. The number of hydrogen-bond acceptors (Lipinski definition) is 3. The minimum absolute atomic E-state index is 0.600. The van der Waals surface area contributed by atoms with Crippen molar-refractivity contribution in [1.82, 2.24) is 0 Å². The lowest BCUT2D eigenvalue weighted by molar-refractivity contribution is 0.415. The first-order valence-electron chi connectivity index (χ1n) is 4.47. The Morgan fingerprint density at radius 3 is 2.79 bits per heavy atom. The van der Waals surface area contributed by atoms with E-state index < -0.39 is 0 Å². The predicted molar refractivity (Wildman–Crippen MR) is 60.3 cm³/mol. The fourth-order valence-corrected chi connectivity index (χ4v) is 1.45. The minimum Gasteiger partial charge on any atom is -0.495 e. The molecule has 1 rings (SSSR count). The number of halogens is 1. The number of methoxy groups -OCH3 is 1. The molecule has 1 aromatic carbocycles. The molecule has 4 heteroatoms. The van der Waals surface area contributed by atoms with E-state index in [0.717, 1.165) is 17.8 Å². The summed E-state index contributed by atoms with van der Waals surface area (Å²) in [4.78, 5) is 0. The summed E-state index contributed by atoms with van der Waals surface area (Å²) >= 11 is 5.98. The van der Waals surface area contributed by atoms with Crippen LogP contribution in [0.1, 0.15) is 5.56 Å². The van der Waals surface area contributed by atoms with Crippen LogP contribution in [0.4, 0.5) is 5.69 Å². The van der Waals surface area contributed by atoms with Gasteiger partial charge in [-0.05, 0) is 24.6 Å². The van der Waals surface area contributed by atoms with Crippen molar-refractivity contribution in [2.24, 2.45) is 5.73 Å². The lowest BCUT2D eigenvalue weighted by Gasteiger charge is -2.11. The Kier molecular flexibility index (Phi) is 4.04. The Balaban J connectivity index is 2.90. The second-order valence-electron chi connectivity index (χ2n) is 3.02. The number of nitrogens with one attached hydrogen (secondary N) is 1. The molecule has 0 aliphatic heterocycles. The van der Waals surface area contributed by atoms with Crippen LogP contribution in [0.5, 0.6) is 5.75 Å². The Labute approximate surface area is 89.2 Å². The Morgan fingerprint density at radius 2 is 2.21 bits per heavy atom. The molecule has 3 nitrogen and oxygen atoms in total. The molecular weight excluding hydrogens is 200 g/mol. The van der Waals surface area contributed by atoms with Crippen molar-refractivity contribution >= 4 is 17.3 Å². The van der Waals surface area contributed by atoms with Crippen LogP contribution in [0.15, 0.2) is 12.1 Å². The van der Waals surface area contributed by atoms with Gasteiger partial charge in [0.2, 0.25) is 0 Å². The third-order valence-electron chi connectivity index (χ3n) is 1.96. The second-order valence-corrected chi connectivity index (χ2v) is 3.42. The Morgan fingerprint density at radius 1 is 1.50 bits per heavy atom. The van der Waals surface area contributed by atoms with E-state index in [1.807, 2.05) is 19.1 Å². The van der Waals surface area contributed by atoms with Crippen LogP contribution < -0.4 is 15.8 Å². The minimum atomic E-state index is 0.600. The molecule has 0 aliphatic rings. The van der Waals surface area contributed by atoms with Crippen molar-refractivity contribution in [2.45, 2.75) is 6.92 Å². The first kappa shape index (κ1) is 11.1. The van der Waals surface area contributed by atoms with Crippen LogP contribution in [-0.4, -0.2) is 20.2 Å². The smallest absolute Gasteiger partial charge is 0.137 e. The molecule has 0 saturated carbocycles. The molecule has 0 atom stereocenters. The van der Waals surface area contributed by atoms with Crippen molar-refractivity contribution in [3.05, 3.63) is 22.7 Å². The molecule has 0 aliphatic carbocycles. The number of nitrogens with two attached hydrogens (primary N) is 1. The molecule has 14 heavy (non-hydrogen) atoms. The molecule has 0 spiro atoms. The van der Waals surface area contributed by atoms with Crippen molar-refractivity contribution in [3.63, 3.8) is 0 Å². The van der Waals surface area contributed by atoms with Crippen LogP contribution in [0.25, 0.3) is 0 Å². The van der Waals surface area contributed by atoms with Crippen LogP contribution in [0.2, 0.25) is 5.02 Å². The summed E-state index contributed by atoms with van der Waals surface area (Å²) in [6, 6.07) is 3.76. The predicted octanol–water partition coefficient (Wildman–Crippen LogP) is 2.03. The van der Waals surface area contributed by atoms with Gasteiger partial charge in [0, 0.05) is 18.8 Å². The summed E-state index contributed by atoms with van der Waals surface area (Å²) in [6.45, 7) is 3.34. The van der Waals surface area contributed by atoms with Gasteiger partial charge >= 0.3 is 0 Å². The summed E-state index contributed by atoms with van der Waals surface area (Å²) < 4.78 is 5.10. The van der Waals surface area contributed by atoms with Gasteiger partial charge in [-0.2, -0.15) is 0 Å². The zero-order chi connectivity index (χ0) is 10.6. The van der Waals surface area contributed by atoms with Gasteiger partial charge in [-0.15, -0.1) is 0 Å². The zero-order valence-electron chi connectivity index (χ0n) is 8.43. The highest BCUT2D eigenvalue weighted by molar-refractivity contribution is 6.32. The topological polar surface area (TPSA) is 47.3 Å². The first-order valence-corrected chi connectivity index (χ1v) is 4.85.